The van der Waals surface area contributed by atoms with Crippen molar-refractivity contribution in [1.29, 1.82) is 0 Å². The van der Waals surface area contributed by atoms with E-state index >= 15 is 0 Å². The van der Waals surface area contributed by atoms with Gasteiger partial charge in [-0.05, 0) is 65.6 Å². The zero-order chi connectivity index (χ0) is 14.2. The van der Waals surface area contributed by atoms with Crippen LogP contribution < -0.4 is 5.32 Å². The summed E-state index contributed by atoms with van der Waals surface area (Å²) >= 11 is 1.29. The predicted molar refractivity (Wildman–Crippen MR) is 76.5 cm³/mol. The van der Waals surface area contributed by atoms with Gasteiger partial charge in [0.1, 0.15) is 5.82 Å². The molecule has 110 valence electrons. The molecule has 0 atom stereocenters. The highest BCUT2D eigenvalue weighted by Crippen LogP contribution is 2.38. The molecule has 7 heteroatoms. The van der Waals surface area contributed by atoms with Gasteiger partial charge < -0.3 is 5.32 Å². The van der Waals surface area contributed by atoms with Gasteiger partial charge in [0, 0.05) is 12.6 Å². The number of nitrogens with zero attached hydrogens (tertiary/aromatic N) is 4. The molecule has 0 spiro atoms. The van der Waals surface area contributed by atoms with Gasteiger partial charge in [-0.3, -0.25) is 0 Å². The van der Waals surface area contributed by atoms with E-state index in [1.165, 1.54) is 24.6 Å². The Kier molecular flexibility index (Phi) is 3.39. The van der Waals surface area contributed by atoms with Gasteiger partial charge >= 0.3 is 0 Å². The largest absolute Gasteiger partial charge is 0.310 e. The number of tetrazole rings is 1. The molecule has 0 unspecified atom stereocenters. The van der Waals surface area contributed by atoms with Gasteiger partial charge in [-0.15, -0.1) is 5.10 Å². The number of benzene rings is 1. The van der Waals surface area contributed by atoms with Gasteiger partial charge in [0.25, 0.3) is 0 Å². The molecule has 5 nitrogen and oxygen atoms in total. The highest BCUT2D eigenvalue weighted by atomic mass is 32.2. The summed E-state index contributed by atoms with van der Waals surface area (Å²) in [5.74, 6) is -0.208. The molecule has 2 aliphatic carbocycles. The van der Waals surface area contributed by atoms with Crippen LogP contribution in [0.3, 0.4) is 0 Å². The zero-order valence-corrected chi connectivity index (χ0v) is 12.3. The van der Waals surface area contributed by atoms with Gasteiger partial charge in [0.05, 0.1) is 10.9 Å². The summed E-state index contributed by atoms with van der Waals surface area (Å²) in [7, 11) is 0. The molecule has 1 N–H and O–H groups in total. The Morgan fingerprint density at radius 3 is 2.86 bits per heavy atom. The number of hydrogen-bond acceptors (Lipinski definition) is 5. The molecule has 2 aliphatic rings. The lowest BCUT2D eigenvalue weighted by molar-refractivity contribution is 0.563. The molecule has 2 aromatic rings. The summed E-state index contributed by atoms with van der Waals surface area (Å²) in [5.41, 5.74) is 0.977. The quantitative estimate of drug-likeness (QED) is 0.889. The summed E-state index contributed by atoms with van der Waals surface area (Å²) in [6, 6.07) is 6.41. The van der Waals surface area contributed by atoms with Crippen molar-refractivity contribution in [3.63, 3.8) is 0 Å². The van der Waals surface area contributed by atoms with Crippen molar-refractivity contribution in [3.05, 3.63) is 29.6 Å². The van der Waals surface area contributed by atoms with E-state index in [9.17, 15) is 4.39 Å². The molecule has 0 radical (unpaired) electrons. The van der Waals surface area contributed by atoms with E-state index in [0.29, 0.717) is 22.1 Å². The number of aromatic nitrogens is 4. The first-order valence-electron chi connectivity index (χ1n) is 7.27. The molecular formula is C14H16FN5S. The Labute approximate surface area is 126 Å². The standard InChI is InChI=1S/C14H16FN5S/c15-12-7-9(8-16-10-2-3-10)1-6-13(12)21-14-17-18-19-20(14)11-4-5-11/h1,6-7,10-11,16H,2-5,8H2. The fourth-order valence-corrected chi connectivity index (χ4v) is 3.03. The highest BCUT2D eigenvalue weighted by molar-refractivity contribution is 7.99. The van der Waals surface area contributed by atoms with Crippen molar-refractivity contribution >= 4 is 11.8 Å². The van der Waals surface area contributed by atoms with Crippen molar-refractivity contribution in [2.45, 2.75) is 54.4 Å². The van der Waals surface area contributed by atoms with Crippen LogP contribution in [0.5, 0.6) is 0 Å². The average Bonchev–Trinajstić information content (AvgIpc) is 3.40. The van der Waals surface area contributed by atoms with E-state index in [4.69, 9.17) is 0 Å². The Hall–Kier alpha value is -1.47. The summed E-state index contributed by atoms with van der Waals surface area (Å²) in [4.78, 5) is 0.571. The van der Waals surface area contributed by atoms with E-state index in [0.717, 1.165) is 24.9 Å². The van der Waals surface area contributed by atoms with Crippen molar-refractivity contribution in [3.8, 4) is 0 Å². The first-order valence-corrected chi connectivity index (χ1v) is 8.09. The molecule has 1 aromatic carbocycles. The molecule has 2 fully saturated rings. The van der Waals surface area contributed by atoms with E-state index in [-0.39, 0.29) is 5.82 Å². The molecule has 1 aromatic heterocycles. The molecule has 0 amide bonds. The van der Waals surface area contributed by atoms with Gasteiger partial charge in [0.2, 0.25) is 5.16 Å². The smallest absolute Gasteiger partial charge is 0.214 e. The average molecular weight is 305 g/mol. The minimum Gasteiger partial charge on any atom is -0.310 e. The summed E-state index contributed by atoms with van der Waals surface area (Å²) in [6.07, 6.45) is 4.68. The lowest BCUT2D eigenvalue weighted by Gasteiger charge is -2.07. The summed E-state index contributed by atoms with van der Waals surface area (Å²) < 4.78 is 16.0. The SMILES string of the molecule is Fc1cc(CNC2CC2)ccc1Sc1nnnn1C1CC1. The molecule has 2 saturated carbocycles. The first kappa shape index (κ1) is 13.2. The van der Waals surface area contributed by atoms with E-state index < -0.39 is 0 Å². The lowest BCUT2D eigenvalue weighted by atomic mass is 10.2. The summed E-state index contributed by atoms with van der Waals surface area (Å²) in [5, 5.41) is 15.7. The van der Waals surface area contributed by atoms with Gasteiger partial charge in [-0.2, -0.15) is 0 Å². The van der Waals surface area contributed by atoms with Crippen LogP contribution in [0.2, 0.25) is 0 Å². The number of hydrogen-bond donors (Lipinski definition) is 1. The molecular weight excluding hydrogens is 289 g/mol. The molecule has 0 saturated heterocycles. The minimum absolute atomic E-state index is 0.208. The summed E-state index contributed by atoms with van der Waals surface area (Å²) in [6.45, 7) is 0.729. The van der Waals surface area contributed by atoms with Gasteiger partial charge in [0.15, 0.2) is 0 Å². The van der Waals surface area contributed by atoms with Crippen molar-refractivity contribution in [2.75, 3.05) is 0 Å². The number of rotatable bonds is 6. The van der Waals surface area contributed by atoms with Crippen molar-refractivity contribution in [1.82, 2.24) is 25.5 Å². The Morgan fingerprint density at radius 2 is 2.14 bits per heavy atom. The normalized spacial score (nSPS) is 18.1. The number of nitrogens with one attached hydrogen (secondary N) is 1. The van der Waals surface area contributed by atoms with Crippen LogP contribution >= 0.6 is 11.8 Å². The van der Waals surface area contributed by atoms with Crippen LogP contribution in [-0.2, 0) is 6.54 Å². The monoisotopic (exact) mass is 305 g/mol. The lowest BCUT2D eigenvalue weighted by Crippen LogP contribution is -2.15. The van der Waals surface area contributed by atoms with Crippen LogP contribution in [0.15, 0.2) is 28.3 Å². The molecule has 4 rings (SSSR count). The van der Waals surface area contributed by atoms with Crippen LogP contribution in [0.4, 0.5) is 4.39 Å². The first-order chi connectivity index (χ1) is 10.3. The third kappa shape index (κ3) is 3.08. The maximum Gasteiger partial charge on any atom is 0.214 e. The molecule has 0 bridgehead atoms. The Bertz CT molecular complexity index is 651. The third-order valence-corrected chi connectivity index (χ3v) is 4.73. The topological polar surface area (TPSA) is 55.6 Å². The molecule has 1 heterocycles. The Morgan fingerprint density at radius 1 is 1.29 bits per heavy atom. The molecule has 0 aliphatic heterocycles. The van der Waals surface area contributed by atoms with Crippen LogP contribution in [0.25, 0.3) is 0 Å². The van der Waals surface area contributed by atoms with E-state index in [1.54, 1.807) is 10.7 Å². The van der Waals surface area contributed by atoms with Crippen LogP contribution in [0, 0.1) is 5.82 Å². The predicted octanol–water partition coefficient (Wildman–Crippen LogP) is 2.55. The number of halogens is 1. The van der Waals surface area contributed by atoms with Crippen molar-refractivity contribution in [2.24, 2.45) is 0 Å². The van der Waals surface area contributed by atoms with E-state index in [1.807, 2.05) is 12.1 Å². The highest BCUT2D eigenvalue weighted by Gasteiger charge is 2.28. The second-order valence-electron chi connectivity index (χ2n) is 5.66. The van der Waals surface area contributed by atoms with Gasteiger partial charge in [-0.25, -0.2) is 9.07 Å². The zero-order valence-electron chi connectivity index (χ0n) is 11.5. The fraction of sp³-hybridized carbons (Fsp3) is 0.500. The van der Waals surface area contributed by atoms with Crippen LogP contribution in [0.1, 0.15) is 37.3 Å². The second kappa shape index (κ2) is 5.38. The molecule has 21 heavy (non-hydrogen) atoms. The Balaban J connectivity index is 1.47. The third-order valence-electron chi connectivity index (χ3n) is 3.73. The van der Waals surface area contributed by atoms with Gasteiger partial charge in [-0.1, -0.05) is 6.07 Å². The van der Waals surface area contributed by atoms with Crippen LogP contribution in [-0.4, -0.2) is 26.2 Å². The maximum atomic E-state index is 14.2. The van der Waals surface area contributed by atoms with Crippen molar-refractivity contribution < 1.29 is 4.39 Å². The minimum atomic E-state index is -0.208. The van der Waals surface area contributed by atoms with E-state index in [2.05, 4.69) is 20.8 Å². The maximum absolute atomic E-state index is 14.2. The fourth-order valence-electron chi connectivity index (χ4n) is 2.19. The second-order valence-corrected chi connectivity index (χ2v) is 6.67.